The van der Waals surface area contributed by atoms with Crippen LogP contribution in [0.1, 0.15) is 18.4 Å². The topological polar surface area (TPSA) is 119 Å². The zero-order valence-electron chi connectivity index (χ0n) is 16.3. The van der Waals surface area contributed by atoms with Crippen LogP contribution in [0.5, 0.6) is 0 Å². The smallest absolute Gasteiger partial charge is 0.407 e. The monoisotopic (exact) mass is 401 g/mol. The molecular weight excluding hydrogens is 374 g/mol. The van der Waals surface area contributed by atoms with Gasteiger partial charge in [-0.3, -0.25) is 10.00 Å². The summed E-state index contributed by atoms with van der Waals surface area (Å²) in [7, 11) is 0. The number of piperidine rings is 1. The molecule has 1 amide bonds. The first-order chi connectivity index (χ1) is 14.2. The molecule has 2 saturated heterocycles. The minimum atomic E-state index is -0.868. The summed E-state index contributed by atoms with van der Waals surface area (Å²) in [5, 5.41) is 22.8. The molecule has 1 atom stereocenters. The molecule has 29 heavy (non-hydrogen) atoms. The molecule has 0 bridgehead atoms. The molecule has 0 aromatic carbocycles. The number of aromatic nitrogens is 3. The second-order valence-corrected chi connectivity index (χ2v) is 7.44. The molecule has 0 aliphatic carbocycles. The van der Waals surface area contributed by atoms with Crippen LogP contribution in [0.15, 0.2) is 24.4 Å². The number of likely N-dealkylation sites (tertiary alicyclic amines) is 1. The van der Waals surface area contributed by atoms with E-state index in [2.05, 4.69) is 30.7 Å². The van der Waals surface area contributed by atoms with Gasteiger partial charge in [0.05, 0.1) is 19.4 Å². The molecule has 2 fully saturated rings. The Labute approximate surface area is 169 Å². The number of anilines is 3. The van der Waals surface area contributed by atoms with Gasteiger partial charge in [-0.25, -0.2) is 9.78 Å². The fourth-order valence-corrected chi connectivity index (χ4v) is 3.78. The molecule has 2 aliphatic rings. The lowest BCUT2D eigenvalue weighted by Crippen LogP contribution is -2.44. The van der Waals surface area contributed by atoms with Crippen molar-refractivity contribution in [3.8, 4) is 0 Å². The first-order valence-corrected chi connectivity index (χ1v) is 9.97. The van der Waals surface area contributed by atoms with Crippen LogP contribution in [-0.4, -0.2) is 81.6 Å². The Kier molecular flexibility index (Phi) is 6.11. The number of rotatable bonds is 6. The van der Waals surface area contributed by atoms with Gasteiger partial charge in [-0.05, 0) is 30.5 Å². The van der Waals surface area contributed by atoms with E-state index >= 15 is 0 Å². The minimum Gasteiger partial charge on any atom is -0.465 e. The van der Waals surface area contributed by atoms with Gasteiger partial charge in [-0.2, -0.15) is 5.10 Å². The van der Waals surface area contributed by atoms with E-state index in [1.54, 1.807) is 6.20 Å². The molecular formula is C19H27N7O3. The molecule has 0 saturated carbocycles. The van der Waals surface area contributed by atoms with Crippen LogP contribution < -0.4 is 10.6 Å². The lowest BCUT2D eigenvalue weighted by Gasteiger charge is -2.31. The van der Waals surface area contributed by atoms with Crippen molar-refractivity contribution in [2.45, 2.75) is 25.4 Å². The maximum absolute atomic E-state index is 11.3. The molecule has 0 unspecified atom stereocenters. The largest absolute Gasteiger partial charge is 0.465 e. The molecule has 2 aromatic heterocycles. The number of pyridine rings is 1. The summed E-state index contributed by atoms with van der Waals surface area (Å²) in [5.41, 5.74) is 1.14. The lowest BCUT2D eigenvalue weighted by atomic mass is 10.1. The quantitative estimate of drug-likeness (QED) is 0.580. The standard InChI is InChI=1S/C19H27N7O3/c27-19(28)26-5-1-2-15(13-26)21-17-10-14(12-25-6-8-29-9-7-25)11-18(23-17)22-16-3-4-20-24-16/h3-4,10-11,15H,1-2,5-9,12-13H2,(H,27,28)(H3,20,21,22,23,24)/t15-/m0/s1. The van der Waals surface area contributed by atoms with Gasteiger partial charge in [0, 0.05) is 44.8 Å². The number of H-pyrrole nitrogens is 1. The van der Waals surface area contributed by atoms with Crippen molar-refractivity contribution in [1.82, 2.24) is 25.0 Å². The van der Waals surface area contributed by atoms with Crippen molar-refractivity contribution < 1.29 is 14.6 Å². The average molecular weight is 401 g/mol. The van der Waals surface area contributed by atoms with E-state index < -0.39 is 6.09 Å². The van der Waals surface area contributed by atoms with Crippen LogP contribution in [0.25, 0.3) is 0 Å². The van der Waals surface area contributed by atoms with Crippen LogP contribution in [0.2, 0.25) is 0 Å². The predicted octanol–water partition coefficient (Wildman–Crippen LogP) is 1.93. The van der Waals surface area contributed by atoms with Crippen molar-refractivity contribution >= 4 is 23.5 Å². The highest BCUT2D eigenvalue weighted by molar-refractivity contribution is 5.65. The zero-order chi connectivity index (χ0) is 20.1. The van der Waals surface area contributed by atoms with E-state index in [-0.39, 0.29) is 6.04 Å². The van der Waals surface area contributed by atoms with Gasteiger partial charge in [0.15, 0.2) is 0 Å². The number of hydrogen-bond acceptors (Lipinski definition) is 7. The number of carbonyl (C=O) groups is 1. The molecule has 10 heteroatoms. The van der Waals surface area contributed by atoms with Crippen molar-refractivity contribution in [3.05, 3.63) is 30.0 Å². The third-order valence-electron chi connectivity index (χ3n) is 5.20. The second-order valence-electron chi connectivity index (χ2n) is 7.44. The number of amides is 1. The molecule has 2 aliphatic heterocycles. The van der Waals surface area contributed by atoms with E-state index in [0.717, 1.165) is 62.9 Å². The number of nitrogens with one attached hydrogen (secondary N) is 3. The van der Waals surface area contributed by atoms with Crippen LogP contribution in [0.3, 0.4) is 0 Å². The van der Waals surface area contributed by atoms with E-state index in [4.69, 9.17) is 4.74 Å². The van der Waals surface area contributed by atoms with Crippen LogP contribution in [-0.2, 0) is 11.3 Å². The molecule has 0 radical (unpaired) electrons. The van der Waals surface area contributed by atoms with E-state index in [9.17, 15) is 9.90 Å². The third-order valence-corrected chi connectivity index (χ3v) is 5.20. The zero-order valence-corrected chi connectivity index (χ0v) is 16.3. The summed E-state index contributed by atoms with van der Waals surface area (Å²) in [6, 6.07) is 5.97. The Bertz CT molecular complexity index is 808. The van der Waals surface area contributed by atoms with Gasteiger partial charge < -0.3 is 25.4 Å². The fourth-order valence-electron chi connectivity index (χ4n) is 3.78. The van der Waals surface area contributed by atoms with Gasteiger partial charge >= 0.3 is 6.09 Å². The van der Waals surface area contributed by atoms with Crippen molar-refractivity contribution in [3.63, 3.8) is 0 Å². The molecule has 4 rings (SSSR count). The maximum atomic E-state index is 11.3. The van der Waals surface area contributed by atoms with Gasteiger partial charge in [0.1, 0.15) is 17.5 Å². The highest BCUT2D eigenvalue weighted by Crippen LogP contribution is 2.22. The number of carboxylic acid groups (broad SMARTS) is 1. The normalized spacial score (nSPS) is 20.4. The number of ether oxygens (including phenoxy) is 1. The average Bonchev–Trinajstić information content (AvgIpc) is 3.22. The Hall–Kier alpha value is -2.85. The molecule has 4 heterocycles. The lowest BCUT2D eigenvalue weighted by molar-refractivity contribution is 0.0342. The molecule has 0 spiro atoms. The van der Waals surface area contributed by atoms with Gasteiger partial charge in [-0.15, -0.1) is 0 Å². The Morgan fingerprint density at radius 1 is 1.28 bits per heavy atom. The summed E-state index contributed by atoms with van der Waals surface area (Å²) in [6.07, 6.45) is 2.58. The summed E-state index contributed by atoms with van der Waals surface area (Å²) in [4.78, 5) is 19.8. The van der Waals surface area contributed by atoms with Gasteiger partial charge in [-0.1, -0.05) is 0 Å². The Morgan fingerprint density at radius 3 is 2.86 bits per heavy atom. The molecule has 2 aromatic rings. The van der Waals surface area contributed by atoms with Gasteiger partial charge in [0.25, 0.3) is 0 Å². The highest BCUT2D eigenvalue weighted by Gasteiger charge is 2.23. The SMILES string of the molecule is O=C(O)N1CCC[C@H](Nc2cc(CN3CCOCC3)cc(Nc3ccn[nH]3)n2)C1. The maximum Gasteiger partial charge on any atom is 0.407 e. The number of aromatic amines is 1. The van der Waals surface area contributed by atoms with Crippen LogP contribution >= 0.6 is 0 Å². The summed E-state index contributed by atoms with van der Waals surface area (Å²) < 4.78 is 5.44. The minimum absolute atomic E-state index is 0.0472. The summed E-state index contributed by atoms with van der Waals surface area (Å²) in [5.74, 6) is 2.23. The summed E-state index contributed by atoms with van der Waals surface area (Å²) >= 11 is 0. The third kappa shape index (κ3) is 5.36. The van der Waals surface area contributed by atoms with E-state index in [0.29, 0.717) is 18.9 Å². The Morgan fingerprint density at radius 2 is 2.10 bits per heavy atom. The number of morpholine rings is 1. The first kappa shape index (κ1) is 19.5. The van der Waals surface area contributed by atoms with Crippen LogP contribution in [0.4, 0.5) is 22.2 Å². The summed E-state index contributed by atoms with van der Waals surface area (Å²) in [6.45, 7) is 5.18. The Balaban J connectivity index is 1.51. The molecule has 156 valence electrons. The highest BCUT2D eigenvalue weighted by atomic mass is 16.5. The van der Waals surface area contributed by atoms with Crippen molar-refractivity contribution in [2.75, 3.05) is 50.0 Å². The van der Waals surface area contributed by atoms with Crippen molar-refractivity contribution in [1.29, 1.82) is 0 Å². The molecule has 10 nitrogen and oxygen atoms in total. The second kappa shape index (κ2) is 9.10. The van der Waals surface area contributed by atoms with E-state index in [1.165, 1.54) is 4.90 Å². The van der Waals surface area contributed by atoms with Crippen molar-refractivity contribution in [2.24, 2.45) is 0 Å². The van der Waals surface area contributed by atoms with Crippen LogP contribution in [0, 0.1) is 0 Å². The first-order valence-electron chi connectivity index (χ1n) is 9.97. The fraction of sp³-hybridized carbons (Fsp3) is 0.526. The van der Waals surface area contributed by atoms with E-state index in [1.807, 2.05) is 18.2 Å². The molecule has 4 N–H and O–H groups in total. The predicted molar refractivity (Wildman–Crippen MR) is 108 cm³/mol. The number of hydrogen-bond donors (Lipinski definition) is 4. The van der Waals surface area contributed by atoms with Gasteiger partial charge in [0.2, 0.25) is 0 Å². The number of nitrogens with zero attached hydrogens (tertiary/aromatic N) is 4.